The number of hydrogen-bond acceptors (Lipinski definition) is 3. The molecule has 7 heteroatoms. The number of aliphatic carboxylic acids is 1. The number of carboxylic acids is 1. The van der Waals surface area contributed by atoms with Crippen LogP contribution in [0.5, 0.6) is 0 Å². The second-order valence-electron chi connectivity index (χ2n) is 5.65. The summed E-state index contributed by atoms with van der Waals surface area (Å²) in [6.07, 6.45) is 0.121. The van der Waals surface area contributed by atoms with E-state index in [4.69, 9.17) is 5.11 Å². The normalized spacial score (nSPS) is 12.8. The Hall–Kier alpha value is -2.70. The van der Waals surface area contributed by atoms with Crippen molar-refractivity contribution in [3.05, 3.63) is 47.8 Å². The predicted octanol–water partition coefficient (Wildman–Crippen LogP) is 1.41. The van der Waals surface area contributed by atoms with Crippen LogP contribution in [0, 0.1) is 5.82 Å². The van der Waals surface area contributed by atoms with Crippen molar-refractivity contribution in [1.82, 2.24) is 10.6 Å². The number of benzene rings is 1. The molecule has 0 aliphatic rings. The van der Waals surface area contributed by atoms with Crippen LogP contribution in [-0.4, -0.2) is 35.0 Å². The minimum absolute atomic E-state index is 0.0442. The van der Waals surface area contributed by atoms with Gasteiger partial charge in [0.15, 0.2) is 0 Å². The fourth-order valence-corrected chi connectivity index (χ4v) is 2.18. The molecule has 6 nitrogen and oxygen atoms in total. The number of rotatable bonds is 8. The maximum atomic E-state index is 13.3. The molecule has 2 amide bonds. The summed E-state index contributed by atoms with van der Waals surface area (Å²) in [7, 11) is 0. The van der Waals surface area contributed by atoms with Gasteiger partial charge < -0.3 is 15.7 Å². The van der Waals surface area contributed by atoms with Crippen LogP contribution in [0.1, 0.15) is 25.8 Å². The molecule has 3 N–H and O–H groups in total. The van der Waals surface area contributed by atoms with Crippen molar-refractivity contribution in [2.45, 2.75) is 38.8 Å². The number of hydrogen-bond donors (Lipinski definition) is 3. The highest BCUT2D eigenvalue weighted by atomic mass is 19.1. The van der Waals surface area contributed by atoms with Crippen LogP contribution in [0.2, 0.25) is 0 Å². The van der Waals surface area contributed by atoms with Crippen molar-refractivity contribution < 1.29 is 23.9 Å². The number of halogens is 1. The van der Waals surface area contributed by atoms with Crippen LogP contribution < -0.4 is 10.6 Å². The molecule has 0 fully saturated rings. The molecule has 0 radical (unpaired) electrons. The molecule has 2 atom stereocenters. The maximum Gasteiger partial charge on any atom is 0.326 e. The van der Waals surface area contributed by atoms with E-state index < -0.39 is 35.7 Å². The van der Waals surface area contributed by atoms with Crippen LogP contribution in [0.4, 0.5) is 4.39 Å². The van der Waals surface area contributed by atoms with Crippen molar-refractivity contribution in [1.29, 1.82) is 0 Å². The van der Waals surface area contributed by atoms with Gasteiger partial charge in [0.1, 0.15) is 17.9 Å². The molecule has 0 heterocycles. The molecule has 1 aromatic carbocycles. The Morgan fingerprint density at radius 3 is 2.38 bits per heavy atom. The molecule has 0 aliphatic carbocycles. The number of nitrogens with one attached hydrogen (secondary N) is 2. The second kappa shape index (κ2) is 8.81. The minimum atomic E-state index is -1.20. The summed E-state index contributed by atoms with van der Waals surface area (Å²) in [6.45, 7) is 6.53. The molecular formula is C17H21FN2O4. The lowest BCUT2D eigenvalue weighted by atomic mass is 10.0. The summed E-state index contributed by atoms with van der Waals surface area (Å²) >= 11 is 0. The molecule has 1 rings (SSSR count). The summed E-state index contributed by atoms with van der Waals surface area (Å²) < 4.78 is 13.3. The molecule has 0 saturated carbocycles. The first-order valence-corrected chi connectivity index (χ1v) is 7.38. The standard InChI is InChI=1S/C17H21FN2O4/c1-10(2)7-15(17(23)24)20-16(22)14(19-11(3)21)9-12-5-4-6-13(18)8-12/h4-6,8,14-15H,1,7,9H2,2-3H3,(H,19,21)(H,20,22)(H,23,24)/t14-,15-/m0/s1. The summed E-state index contributed by atoms with van der Waals surface area (Å²) in [5, 5.41) is 14.0. The highest BCUT2D eigenvalue weighted by Gasteiger charge is 2.26. The lowest BCUT2D eigenvalue weighted by Crippen LogP contribution is -2.52. The largest absolute Gasteiger partial charge is 0.480 e. The van der Waals surface area contributed by atoms with Gasteiger partial charge in [0.2, 0.25) is 11.8 Å². The van der Waals surface area contributed by atoms with E-state index in [-0.39, 0.29) is 12.8 Å². The van der Waals surface area contributed by atoms with Gasteiger partial charge in [-0.2, -0.15) is 0 Å². The summed E-state index contributed by atoms with van der Waals surface area (Å²) in [4.78, 5) is 34.9. The molecule has 0 saturated heterocycles. The van der Waals surface area contributed by atoms with Crippen LogP contribution in [0.25, 0.3) is 0 Å². The van der Waals surface area contributed by atoms with E-state index in [1.54, 1.807) is 13.0 Å². The predicted molar refractivity (Wildman–Crippen MR) is 86.7 cm³/mol. The quantitative estimate of drug-likeness (QED) is 0.626. The van der Waals surface area contributed by atoms with Crippen LogP contribution in [0.15, 0.2) is 36.4 Å². The Labute approximate surface area is 139 Å². The molecule has 0 aliphatic heterocycles. The van der Waals surface area contributed by atoms with Crippen LogP contribution in [0.3, 0.4) is 0 Å². The minimum Gasteiger partial charge on any atom is -0.480 e. The van der Waals surface area contributed by atoms with Gasteiger partial charge >= 0.3 is 5.97 Å². The monoisotopic (exact) mass is 336 g/mol. The highest BCUT2D eigenvalue weighted by Crippen LogP contribution is 2.08. The van der Waals surface area contributed by atoms with Gasteiger partial charge in [-0.15, -0.1) is 6.58 Å². The Bertz CT molecular complexity index is 645. The fourth-order valence-electron chi connectivity index (χ4n) is 2.18. The van der Waals surface area contributed by atoms with Gasteiger partial charge in [-0.1, -0.05) is 17.7 Å². The molecule has 0 aromatic heterocycles. The van der Waals surface area contributed by atoms with Crippen LogP contribution >= 0.6 is 0 Å². The second-order valence-corrected chi connectivity index (χ2v) is 5.65. The van der Waals surface area contributed by atoms with Crippen molar-refractivity contribution in [2.75, 3.05) is 0 Å². The average molecular weight is 336 g/mol. The van der Waals surface area contributed by atoms with Crippen molar-refractivity contribution in [3.63, 3.8) is 0 Å². The summed E-state index contributed by atoms with van der Waals surface area (Å²) in [5.41, 5.74) is 1.11. The van der Waals surface area contributed by atoms with Gasteiger partial charge in [0.25, 0.3) is 0 Å². The molecule has 0 bridgehead atoms. The number of carboxylic acid groups (broad SMARTS) is 1. The van der Waals surface area contributed by atoms with E-state index in [0.29, 0.717) is 11.1 Å². The smallest absolute Gasteiger partial charge is 0.326 e. The SMILES string of the molecule is C=C(C)C[C@H](NC(=O)[C@H](Cc1cccc(F)c1)NC(C)=O)C(=O)O. The van der Waals surface area contributed by atoms with E-state index in [0.717, 1.165) is 0 Å². The van der Waals surface area contributed by atoms with Gasteiger partial charge in [0.05, 0.1) is 0 Å². The molecule has 130 valence electrons. The third-order valence-electron chi connectivity index (χ3n) is 3.19. The molecule has 0 spiro atoms. The molecule has 24 heavy (non-hydrogen) atoms. The van der Waals surface area contributed by atoms with Gasteiger partial charge in [0, 0.05) is 13.3 Å². The highest BCUT2D eigenvalue weighted by molar-refractivity contribution is 5.90. The van der Waals surface area contributed by atoms with Crippen molar-refractivity contribution in [3.8, 4) is 0 Å². The van der Waals surface area contributed by atoms with E-state index in [1.165, 1.54) is 25.1 Å². The third-order valence-corrected chi connectivity index (χ3v) is 3.19. The van der Waals surface area contributed by atoms with Gasteiger partial charge in [-0.3, -0.25) is 9.59 Å². The lowest BCUT2D eigenvalue weighted by molar-refractivity contribution is -0.142. The topological polar surface area (TPSA) is 95.5 Å². The number of carbonyl (C=O) groups excluding carboxylic acids is 2. The van der Waals surface area contributed by atoms with Crippen molar-refractivity contribution in [2.24, 2.45) is 0 Å². The van der Waals surface area contributed by atoms with Gasteiger partial charge in [-0.05, 0) is 31.0 Å². The van der Waals surface area contributed by atoms with E-state index in [9.17, 15) is 18.8 Å². The fraction of sp³-hybridized carbons (Fsp3) is 0.353. The first-order valence-electron chi connectivity index (χ1n) is 7.38. The molecule has 1 aromatic rings. The molecular weight excluding hydrogens is 315 g/mol. The van der Waals surface area contributed by atoms with Crippen molar-refractivity contribution >= 4 is 17.8 Å². The van der Waals surface area contributed by atoms with Crippen LogP contribution in [-0.2, 0) is 20.8 Å². The van der Waals surface area contributed by atoms with Gasteiger partial charge in [-0.25, -0.2) is 9.18 Å². The average Bonchev–Trinajstić information content (AvgIpc) is 2.44. The van der Waals surface area contributed by atoms with E-state index in [1.807, 2.05) is 0 Å². The first-order chi connectivity index (χ1) is 11.2. The van der Waals surface area contributed by atoms with E-state index in [2.05, 4.69) is 17.2 Å². The first kappa shape index (κ1) is 19.3. The summed E-state index contributed by atoms with van der Waals surface area (Å²) in [5.74, 6) is -2.75. The van der Waals surface area contributed by atoms with E-state index >= 15 is 0 Å². The zero-order valence-corrected chi connectivity index (χ0v) is 13.6. The maximum absolute atomic E-state index is 13.3. The summed E-state index contributed by atoms with van der Waals surface area (Å²) in [6, 6.07) is 3.49. The molecule has 0 unspecified atom stereocenters. The number of carbonyl (C=O) groups is 3. The zero-order chi connectivity index (χ0) is 18.3. The Morgan fingerprint density at radius 2 is 1.88 bits per heavy atom. The zero-order valence-electron chi connectivity index (χ0n) is 13.6. The Morgan fingerprint density at radius 1 is 1.21 bits per heavy atom. The Balaban J connectivity index is 2.89. The Kier molecular flexibility index (Phi) is 7.10. The third kappa shape index (κ3) is 6.60. The lowest BCUT2D eigenvalue weighted by Gasteiger charge is -2.21. The number of amides is 2.